The van der Waals surface area contributed by atoms with Gasteiger partial charge in [0.1, 0.15) is 5.00 Å². The highest BCUT2D eigenvalue weighted by Gasteiger charge is 2.15. The molecule has 0 aliphatic heterocycles. The Morgan fingerprint density at radius 3 is 2.76 bits per heavy atom. The van der Waals surface area contributed by atoms with Gasteiger partial charge in [0.25, 0.3) is 5.91 Å². The van der Waals surface area contributed by atoms with Gasteiger partial charge in [-0.2, -0.15) is 0 Å². The molecule has 5 nitrogen and oxygen atoms in total. The van der Waals surface area contributed by atoms with E-state index in [0.29, 0.717) is 5.00 Å². The molecule has 1 N–H and O–H groups in total. The van der Waals surface area contributed by atoms with E-state index in [1.807, 2.05) is 0 Å². The van der Waals surface area contributed by atoms with Gasteiger partial charge in [-0.3, -0.25) is 4.79 Å². The molecular formula is C14H12FNO4S. The van der Waals surface area contributed by atoms with E-state index in [2.05, 4.69) is 10.1 Å². The van der Waals surface area contributed by atoms with Crippen LogP contribution in [0.1, 0.15) is 10.4 Å². The van der Waals surface area contributed by atoms with Crippen LogP contribution >= 0.6 is 11.3 Å². The van der Waals surface area contributed by atoms with E-state index < -0.39 is 17.7 Å². The van der Waals surface area contributed by atoms with Gasteiger partial charge in [0.05, 0.1) is 12.7 Å². The zero-order chi connectivity index (χ0) is 15.2. The number of hydrogen-bond acceptors (Lipinski definition) is 5. The Kier molecular flexibility index (Phi) is 4.89. The molecule has 1 aromatic heterocycles. The number of halogens is 1. The van der Waals surface area contributed by atoms with Gasteiger partial charge in [0, 0.05) is 0 Å². The molecule has 0 bridgehead atoms. The van der Waals surface area contributed by atoms with Gasteiger partial charge in [0.15, 0.2) is 18.2 Å². The highest BCUT2D eigenvalue weighted by atomic mass is 32.1. The Balaban J connectivity index is 1.95. The van der Waals surface area contributed by atoms with Crippen LogP contribution in [0.5, 0.6) is 5.75 Å². The SMILES string of the molecule is COC(=O)c1ccsc1NC(=O)COc1ccccc1F. The van der Waals surface area contributed by atoms with Crippen LogP contribution in [0.4, 0.5) is 9.39 Å². The number of para-hydroxylation sites is 1. The number of methoxy groups -OCH3 is 1. The second-order valence-electron chi connectivity index (χ2n) is 3.92. The number of esters is 1. The second-order valence-corrected chi connectivity index (χ2v) is 4.84. The lowest BCUT2D eigenvalue weighted by Gasteiger charge is -2.08. The Morgan fingerprint density at radius 2 is 2.05 bits per heavy atom. The van der Waals surface area contributed by atoms with Crippen LogP contribution in [0.2, 0.25) is 0 Å². The van der Waals surface area contributed by atoms with E-state index in [9.17, 15) is 14.0 Å². The summed E-state index contributed by atoms with van der Waals surface area (Å²) in [6.07, 6.45) is 0. The predicted octanol–water partition coefficient (Wildman–Crippen LogP) is 2.69. The molecule has 2 aromatic rings. The van der Waals surface area contributed by atoms with E-state index >= 15 is 0 Å². The second kappa shape index (κ2) is 6.85. The number of anilines is 1. The molecule has 0 saturated carbocycles. The first-order valence-electron chi connectivity index (χ1n) is 5.95. The van der Waals surface area contributed by atoms with Crippen molar-refractivity contribution in [3.05, 3.63) is 47.1 Å². The van der Waals surface area contributed by atoms with E-state index in [-0.39, 0.29) is 17.9 Å². The third kappa shape index (κ3) is 3.79. The largest absolute Gasteiger partial charge is 0.481 e. The molecule has 1 heterocycles. The van der Waals surface area contributed by atoms with Crippen molar-refractivity contribution in [1.29, 1.82) is 0 Å². The topological polar surface area (TPSA) is 64.6 Å². The minimum Gasteiger partial charge on any atom is -0.481 e. The summed E-state index contributed by atoms with van der Waals surface area (Å²) < 4.78 is 23.0. The molecule has 0 fully saturated rings. The number of thiophene rings is 1. The van der Waals surface area contributed by atoms with Crippen molar-refractivity contribution in [3.8, 4) is 5.75 Å². The molecule has 2 rings (SSSR count). The van der Waals surface area contributed by atoms with Gasteiger partial charge in [-0.1, -0.05) is 12.1 Å². The van der Waals surface area contributed by atoms with Gasteiger partial charge in [-0.15, -0.1) is 11.3 Å². The fourth-order valence-electron chi connectivity index (χ4n) is 1.54. The van der Waals surface area contributed by atoms with Crippen molar-refractivity contribution in [2.24, 2.45) is 0 Å². The molecule has 21 heavy (non-hydrogen) atoms. The summed E-state index contributed by atoms with van der Waals surface area (Å²) in [7, 11) is 1.26. The number of carbonyl (C=O) groups is 2. The summed E-state index contributed by atoms with van der Waals surface area (Å²) in [5.74, 6) is -1.59. The van der Waals surface area contributed by atoms with Crippen molar-refractivity contribution >= 4 is 28.2 Å². The number of benzene rings is 1. The number of carbonyl (C=O) groups excluding carboxylic acids is 2. The molecule has 0 spiro atoms. The van der Waals surface area contributed by atoms with Crippen LogP contribution in [0, 0.1) is 5.82 Å². The molecule has 0 saturated heterocycles. The Morgan fingerprint density at radius 1 is 1.29 bits per heavy atom. The lowest BCUT2D eigenvalue weighted by atomic mass is 10.3. The van der Waals surface area contributed by atoms with Crippen LogP contribution in [-0.4, -0.2) is 25.6 Å². The van der Waals surface area contributed by atoms with Gasteiger partial charge in [-0.05, 0) is 23.6 Å². The summed E-state index contributed by atoms with van der Waals surface area (Å²) in [5, 5.41) is 4.54. The fraction of sp³-hybridized carbons (Fsp3) is 0.143. The van der Waals surface area contributed by atoms with Crippen LogP contribution in [-0.2, 0) is 9.53 Å². The molecule has 0 aliphatic rings. The Labute approximate surface area is 124 Å². The van der Waals surface area contributed by atoms with E-state index in [4.69, 9.17) is 4.74 Å². The summed E-state index contributed by atoms with van der Waals surface area (Å²) in [4.78, 5) is 23.2. The number of amides is 1. The van der Waals surface area contributed by atoms with Crippen molar-refractivity contribution in [1.82, 2.24) is 0 Å². The summed E-state index contributed by atoms with van der Waals surface area (Å²) in [6, 6.07) is 7.33. The zero-order valence-corrected chi connectivity index (χ0v) is 11.9. The smallest absolute Gasteiger partial charge is 0.340 e. The first kappa shape index (κ1) is 15.0. The molecule has 110 valence electrons. The number of hydrogen-bond donors (Lipinski definition) is 1. The highest BCUT2D eigenvalue weighted by molar-refractivity contribution is 7.14. The predicted molar refractivity (Wildman–Crippen MR) is 76.2 cm³/mol. The van der Waals surface area contributed by atoms with Gasteiger partial charge in [-0.25, -0.2) is 9.18 Å². The van der Waals surface area contributed by atoms with Gasteiger partial charge < -0.3 is 14.8 Å². The average molecular weight is 309 g/mol. The Bertz CT molecular complexity index is 656. The van der Waals surface area contributed by atoms with E-state index in [1.165, 1.54) is 36.6 Å². The standard InChI is InChI=1S/C14H12FNO4S/c1-19-14(18)9-6-7-21-13(9)16-12(17)8-20-11-5-3-2-4-10(11)15/h2-7H,8H2,1H3,(H,16,17). The Hall–Kier alpha value is -2.41. The number of nitrogens with one attached hydrogen (secondary N) is 1. The number of ether oxygens (including phenoxy) is 2. The molecular weight excluding hydrogens is 297 g/mol. The molecule has 0 aliphatic carbocycles. The van der Waals surface area contributed by atoms with E-state index in [0.717, 1.165) is 0 Å². The van der Waals surface area contributed by atoms with Crippen molar-refractivity contribution in [2.45, 2.75) is 0 Å². The molecule has 0 radical (unpaired) electrons. The lowest BCUT2D eigenvalue weighted by molar-refractivity contribution is -0.118. The minimum absolute atomic E-state index is 0.00739. The monoisotopic (exact) mass is 309 g/mol. The van der Waals surface area contributed by atoms with Gasteiger partial charge in [0.2, 0.25) is 0 Å². The van der Waals surface area contributed by atoms with Crippen LogP contribution in [0.3, 0.4) is 0 Å². The van der Waals surface area contributed by atoms with E-state index in [1.54, 1.807) is 17.5 Å². The fourth-order valence-corrected chi connectivity index (χ4v) is 2.34. The van der Waals surface area contributed by atoms with Crippen molar-refractivity contribution in [3.63, 3.8) is 0 Å². The summed E-state index contributed by atoms with van der Waals surface area (Å²) in [5.41, 5.74) is 0.266. The molecule has 1 amide bonds. The third-order valence-electron chi connectivity index (χ3n) is 2.52. The third-order valence-corrected chi connectivity index (χ3v) is 3.35. The first-order chi connectivity index (χ1) is 10.1. The van der Waals surface area contributed by atoms with Crippen molar-refractivity contribution < 1.29 is 23.5 Å². The average Bonchev–Trinajstić information content (AvgIpc) is 2.93. The van der Waals surface area contributed by atoms with Crippen molar-refractivity contribution in [2.75, 3.05) is 19.0 Å². The minimum atomic E-state index is -0.545. The normalized spacial score (nSPS) is 10.0. The highest BCUT2D eigenvalue weighted by Crippen LogP contribution is 2.24. The first-order valence-corrected chi connectivity index (χ1v) is 6.82. The summed E-state index contributed by atoms with van der Waals surface area (Å²) >= 11 is 1.18. The molecule has 7 heteroatoms. The molecule has 1 aromatic carbocycles. The molecule has 0 unspecified atom stereocenters. The molecule has 0 atom stereocenters. The maximum atomic E-state index is 13.3. The number of rotatable bonds is 5. The maximum Gasteiger partial charge on any atom is 0.340 e. The van der Waals surface area contributed by atoms with Crippen LogP contribution in [0.25, 0.3) is 0 Å². The summed E-state index contributed by atoms with van der Waals surface area (Å²) in [6.45, 7) is -0.362. The van der Waals surface area contributed by atoms with Crippen LogP contribution in [0.15, 0.2) is 35.7 Å². The zero-order valence-electron chi connectivity index (χ0n) is 11.1. The van der Waals surface area contributed by atoms with Crippen LogP contribution < -0.4 is 10.1 Å². The quantitative estimate of drug-likeness (QED) is 0.863. The lowest BCUT2D eigenvalue weighted by Crippen LogP contribution is -2.21. The van der Waals surface area contributed by atoms with Gasteiger partial charge >= 0.3 is 5.97 Å². The maximum absolute atomic E-state index is 13.3.